The Hall–Kier alpha value is -0.660. The summed E-state index contributed by atoms with van der Waals surface area (Å²) in [6.07, 6.45) is 5.43. The monoisotopic (exact) mass is 173 g/mol. The van der Waals surface area contributed by atoms with E-state index >= 15 is 0 Å². The van der Waals surface area contributed by atoms with Crippen LogP contribution < -0.4 is 5.32 Å². The third-order valence-corrected chi connectivity index (χ3v) is 1.42. The van der Waals surface area contributed by atoms with Crippen LogP contribution in [0.2, 0.25) is 0 Å². The number of carbonyl (C=O) groups is 1. The Morgan fingerprint density at radius 3 is 2.82 bits per heavy atom. The minimum atomic E-state index is -0.880. The normalized spacial score (nSPS) is 12.0. The zero-order valence-electron chi connectivity index (χ0n) is 6.08. The van der Waals surface area contributed by atoms with Crippen molar-refractivity contribution in [2.24, 2.45) is 0 Å². The first-order valence-corrected chi connectivity index (χ1v) is 3.86. The summed E-state index contributed by atoms with van der Waals surface area (Å²) in [6, 6.07) is -0.566. The smallest absolute Gasteiger partial charge is 0.320 e. The summed E-state index contributed by atoms with van der Waals surface area (Å²) < 4.78 is 0. The van der Waals surface area contributed by atoms with Crippen LogP contribution in [-0.4, -0.2) is 29.4 Å². The highest BCUT2D eigenvalue weighted by atomic mass is 32.1. The maximum atomic E-state index is 10.4. The molecule has 0 aliphatic carbocycles. The van der Waals surface area contributed by atoms with E-state index in [4.69, 9.17) is 11.5 Å². The van der Waals surface area contributed by atoms with Gasteiger partial charge in [0.15, 0.2) is 0 Å². The molecule has 0 saturated carbocycles. The van der Waals surface area contributed by atoms with Crippen LogP contribution in [0.5, 0.6) is 0 Å². The van der Waals surface area contributed by atoms with E-state index in [0.717, 1.165) is 0 Å². The summed E-state index contributed by atoms with van der Waals surface area (Å²) in [6.45, 7) is 0.282. The molecule has 62 valence electrons. The number of aliphatic carboxylic acids is 1. The summed E-state index contributed by atoms with van der Waals surface area (Å²) in [5.74, 6) is 1.97. The van der Waals surface area contributed by atoms with Crippen molar-refractivity contribution < 1.29 is 9.90 Å². The lowest BCUT2D eigenvalue weighted by Crippen LogP contribution is -2.37. The van der Waals surface area contributed by atoms with Gasteiger partial charge in [-0.25, -0.2) is 0 Å². The van der Waals surface area contributed by atoms with Gasteiger partial charge in [0.25, 0.3) is 0 Å². The second-order valence-electron chi connectivity index (χ2n) is 1.99. The van der Waals surface area contributed by atoms with Crippen molar-refractivity contribution >= 4 is 18.6 Å². The molecule has 1 unspecified atom stereocenters. The maximum Gasteiger partial charge on any atom is 0.320 e. The second kappa shape index (κ2) is 6.08. The number of hydrogen-bond acceptors (Lipinski definition) is 3. The van der Waals surface area contributed by atoms with E-state index in [9.17, 15) is 4.79 Å². The van der Waals surface area contributed by atoms with Crippen molar-refractivity contribution in [2.45, 2.75) is 12.5 Å². The molecular weight excluding hydrogens is 162 g/mol. The minimum absolute atomic E-state index is 0.282. The topological polar surface area (TPSA) is 49.3 Å². The molecule has 0 rings (SSSR count). The minimum Gasteiger partial charge on any atom is -0.480 e. The van der Waals surface area contributed by atoms with Gasteiger partial charge in [0.05, 0.1) is 6.54 Å². The van der Waals surface area contributed by atoms with Crippen LogP contribution in [0.1, 0.15) is 6.42 Å². The third kappa shape index (κ3) is 4.71. The van der Waals surface area contributed by atoms with Crippen molar-refractivity contribution in [3.63, 3.8) is 0 Å². The summed E-state index contributed by atoms with van der Waals surface area (Å²) in [5, 5.41) is 11.3. The molecule has 0 aromatic carbocycles. The van der Waals surface area contributed by atoms with Crippen LogP contribution in [0.3, 0.4) is 0 Å². The van der Waals surface area contributed by atoms with Crippen molar-refractivity contribution in [1.82, 2.24) is 5.32 Å². The lowest BCUT2D eigenvalue weighted by atomic mass is 10.2. The van der Waals surface area contributed by atoms with E-state index in [1.807, 2.05) is 0 Å². The van der Waals surface area contributed by atoms with Crippen LogP contribution in [0.4, 0.5) is 0 Å². The Balaban J connectivity index is 3.71. The van der Waals surface area contributed by atoms with E-state index in [2.05, 4.69) is 23.9 Å². The Morgan fingerprint density at radius 1 is 1.82 bits per heavy atom. The van der Waals surface area contributed by atoms with Gasteiger partial charge in [0.2, 0.25) is 0 Å². The van der Waals surface area contributed by atoms with Gasteiger partial charge in [-0.1, -0.05) is 5.92 Å². The van der Waals surface area contributed by atoms with Gasteiger partial charge in [-0.15, -0.1) is 6.42 Å². The fourth-order valence-corrected chi connectivity index (χ4v) is 0.882. The largest absolute Gasteiger partial charge is 0.480 e. The number of rotatable bonds is 5. The zero-order chi connectivity index (χ0) is 8.69. The molecule has 0 aliphatic rings. The zero-order valence-corrected chi connectivity index (χ0v) is 6.97. The molecule has 0 radical (unpaired) electrons. The predicted molar refractivity (Wildman–Crippen MR) is 46.7 cm³/mol. The lowest BCUT2D eigenvalue weighted by Gasteiger charge is -2.09. The molecule has 0 spiro atoms. The van der Waals surface area contributed by atoms with E-state index < -0.39 is 12.0 Å². The standard InChI is InChI=1S/C7H11NO2S/c1-2-4-8-6(3-5-11)7(9)10/h1,6,8,11H,3-5H2,(H,9,10). The number of nitrogens with one attached hydrogen (secondary N) is 1. The van der Waals surface area contributed by atoms with Crippen LogP contribution in [0.25, 0.3) is 0 Å². The van der Waals surface area contributed by atoms with Gasteiger partial charge in [-0.05, 0) is 12.2 Å². The molecule has 4 heteroatoms. The van der Waals surface area contributed by atoms with E-state index in [-0.39, 0.29) is 6.54 Å². The Morgan fingerprint density at radius 2 is 2.45 bits per heavy atom. The Bertz CT molecular complexity index is 164. The molecule has 11 heavy (non-hydrogen) atoms. The van der Waals surface area contributed by atoms with Crippen molar-refractivity contribution in [3.8, 4) is 12.3 Å². The quantitative estimate of drug-likeness (QED) is 0.404. The summed E-state index contributed by atoms with van der Waals surface area (Å²) in [4.78, 5) is 10.4. The van der Waals surface area contributed by atoms with Crippen LogP contribution >= 0.6 is 12.6 Å². The van der Waals surface area contributed by atoms with Gasteiger partial charge in [-0.2, -0.15) is 12.6 Å². The number of carboxylic acid groups (broad SMARTS) is 1. The highest BCUT2D eigenvalue weighted by molar-refractivity contribution is 7.80. The molecule has 0 bridgehead atoms. The van der Waals surface area contributed by atoms with E-state index in [1.54, 1.807) is 0 Å². The number of thiol groups is 1. The fourth-order valence-electron chi connectivity index (χ4n) is 0.624. The summed E-state index contributed by atoms with van der Waals surface area (Å²) in [7, 11) is 0. The fraction of sp³-hybridized carbons (Fsp3) is 0.571. The lowest BCUT2D eigenvalue weighted by molar-refractivity contribution is -0.139. The Kier molecular flexibility index (Phi) is 5.71. The van der Waals surface area contributed by atoms with Crippen LogP contribution in [0, 0.1) is 12.3 Å². The molecular formula is C7H11NO2S. The first kappa shape index (κ1) is 10.3. The van der Waals surface area contributed by atoms with Crippen molar-refractivity contribution in [2.75, 3.05) is 12.3 Å². The third-order valence-electron chi connectivity index (χ3n) is 1.17. The second-order valence-corrected chi connectivity index (χ2v) is 2.44. The number of carboxylic acids is 1. The maximum absolute atomic E-state index is 10.4. The molecule has 3 nitrogen and oxygen atoms in total. The first-order valence-electron chi connectivity index (χ1n) is 3.23. The predicted octanol–water partition coefficient (Wildman–Crippen LogP) is -0.0177. The molecule has 1 atom stereocenters. The van der Waals surface area contributed by atoms with E-state index in [1.165, 1.54) is 0 Å². The van der Waals surface area contributed by atoms with Gasteiger partial charge in [0, 0.05) is 0 Å². The van der Waals surface area contributed by atoms with E-state index in [0.29, 0.717) is 12.2 Å². The molecule has 0 aromatic heterocycles. The van der Waals surface area contributed by atoms with Crippen LogP contribution in [0.15, 0.2) is 0 Å². The Labute approximate surface area is 71.6 Å². The molecule has 0 heterocycles. The van der Waals surface area contributed by atoms with Crippen molar-refractivity contribution in [3.05, 3.63) is 0 Å². The highest BCUT2D eigenvalue weighted by Gasteiger charge is 2.13. The summed E-state index contributed by atoms with van der Waals surface area (Å²) in [5.41, 5.74) is 0. The average Bonchev–Trinajstić information content (AvgIpc) is 1.97. The molecule has 0 aromatic rings. The van der Waals surface area contributed by atoms with Crippen molar-refractivity contribution in [1.29, 1.82) is 0 Å². The van der Waals surface area contributed by atoms with Gasteiger partial charge in [0.1, 0.15) is 6.04 Å². The number of hydrogen-bond donors (Lipinski definition) is 3. The van der Waals surface area contributed by atoms with Crippen LogP contribution in [-0.2, 0) is 4.79 Å². The molecule has 0 aliphatic heterocycles. The molecule has 0 saturated heterocycles. The SMILES string of the molecule is C#CCNC(CCS)C(=O)O. The van der Waals surface area contributed by atoms with Gasteiger partial charge < -0.3 is 5.11 Å². The molecule has 0 amide bonds. The highest BCUT2D eigenvalue weighted by Crippen LogP contribution is 1.93. The van der Waals surface area contributed by atoms with Gasteiger partial charge >= 0.3 is 5.97 Å². The molecule has 2 N–H and O–H groups in total. The first-order chi connectivity index (χ1) is 5.22. The summed E-state index contributed by atoms with van der Waals surface area (Å²) >= 11 is 3.92. The number of terminal acetylenes is 1. The van der Waals surface area contributed by atoms with Gasteiger partial charge in [-0.3, -0.25) is 10.1 Å². The average molecular weight is 173 g/mol. The molecule has 0 fully saturated rings.